The van der Waals surface area contributed by atoms with Crippen LogP contribution in [-0.2, 0) is 5.54 Å². The molecule has 4 nitrogen and oxygen atoms in total. The molecule has 0 spiro atoms. The molecule has 3 aromatic rings. The third kappa shape index (κ3) is 3.26. The lowest BCUT2D eigenvalue weighted by molar-refractivity contribution is -0.207. The molecule has 0 aliphatic carbocycles. The van der Waals surface area contributed by atoms with E-state index in [2.05, 4.69) is 4.98 Å². The van der Waals surface area contributed by atoms with Crippen molar-refractivity contribution in [2.45, 2.75) is 38.6 Å². The van der Waals surface area contributed by atoms with Gasteiger partial charge in [0.1, 0.15) is 0 Å². The second-order valence-corrected chi connectivity index (χ2v) is 7.81. The van der Waals surface area contributed by atoms with E-state index in [1.165, 1.54) is 0 Å². The maximum Gasteiger partial charge on any atom is 0.420 e. The Morgan fingerprint density at radius 2 is 1.88 bits per heavy atom. The van der Waals surface area contributed by atoms with Crippen molar-refractivity contribution in [3.05, 3.63) is 52.1 Å². The number of benzene rings is 1. The van der Waals surface area contributed by atoms with E-state index in [-0.39, 0.29) is 10.5 Å². The summed E-state index contributed by atoms with van der Waals surface area (Å²) in [6.45, 7) is 5.98. The summed E-state index contributed by atoms with van der Waals surface area (Å²) in [5.74, 6) is -0.463. The van der Waals surface area contributed by atoms with Crippen molar-refractivity contribution in [1.29, 1.82) is 0 Å². The normalized spacial score (nSPS) is 14.0. The molecule has 1 unspecified atom stereocenters. The minimum absolute atomic E-state index is 0.0832. The Labute approximate surface area is 151 Å². The molecule has 2 heterocycles. The highest BCUT2D eigenvalue weighted by molar-refractivity contribution is 7.12. The molecule has 1 aromatic carbocycles. The van der Waals surface area contributed by atoms with Gasteiger partial charge in [-0.05, 0) is 26.8 Å². The molecule has 26 heavy (non-hydrogen) atoms. The Morgan fingerprint density at radius 1 is 1.23 bits per heavy atom. The third-order valence-corrected chi connectivity index (χ3v) is 4.84. The van der Waals surface area contributed by atoms with E-state index in [4.69, 9.17) is 0 Å². The SMILES string of the molecule is CC(C)(C)n1cc(C(=O)c2nc(C(O)C(F)(F)F)cs2)c2ccccc21. The van der Waals surface area contributed by atoms with Crippen molar-refractivity contribution in [1.82, 2.24) is 9.55 Å². The first-order valence-electron chi connectivity index (χ1n) is 7.85. The van der Waals surface area contributed by atoms with E-state index in [0.29, 0.717) is 10.9 Å². The van der Waals surface area contributed by atoms with Gasteiger partial charge in [0.2, 0.25) is 5.78 Å². The van der Waals surface area contributed by atoms with Gasteiger partial charge in [-0.1, -0.05) is 18.2 Å². The van der Waals surface area contributed by atoms with E-state index in [9.17, 15) is 23.1 Å². The van der Waals surface area contributed by atoms with Crippen molar-refractivity contribution < 1.29 is 23.1 Å². The average molecular weight is 382 g/mol. The number of aliphatic hydroxyl groups is 1. The highest BCUT2D eigenvalue weighted by atomic mass is 32.1. The van der Waals surface area contributed by atoms with Crippen LogP contribution < -0.4 is 0 Å². The maximum atomic E-state index is 12.9. The first-order valence-corrected chi connectivity index (χ1v) is 8.73. The number of hydrogen-bond acceptors (Lipinski definition) is 4. The standard InChI is InChI=1S/C18H17F3N2O2S/c1-17(2,3)23-8-11(10-6-4-5-7-13(10)23)14(24)16-22-12(9-26-16)15(25)18(19,20)21/h4-9,15,25H,1-3H3. The lowest BCUT2D eigenvalue weighted by atomic mass is 10.1. The van der Waals surface area contributed by atoms with Gasteiger partial charge in [0.05, 0.1) is 11.3 Å². The number of ketones is 1. The van der Waals surface area contributed by atoms with Crippen molar-refractivity contribution in [3.8, 4) is 0 Å². The van der Waals surface area contributed by atoms with Crippen LogP contribution in [-0.4, -0.2) is 26.6 Å². The number of para-hydroxylation sites is 1. The Bertz CT molecular complexity index is 967. The minimum Gasteiger partial charge on any atom is -0.378 e. The van der Waals surface area contributed by atoms with Crippen molar-refractivity contribution in [2.75, 3.05) is 0 Å². The lowest BCUT2D eigenvalue weighted by Crippen LogP contribution is -2.21. The molecule has 138 valence electrons. The summed E-state index contributed by atoms with van der Waals surface area (Å²) in [6.07, 6.45) is -5.82. The highest BCUT2D eigenvalue weighted by Crippen LogP contribution is 2.34. The van der Waals surface area contributed by atoms with Gasteiger partial charge in [0.25, 0.3) is 0 Å². The first-order chi connectivity index (χ1) is 12.0. The summed E-state index contributed by atoms with van der Waals surface area (Å²) in [5.41, 5.74) is 0.386. The molecule has 0 aliphatic rings. The Hall–Kier alpha value is -2.19. The van der Waals surface area contributed by atoms with Crippen LogP contribution in [0.3, 0.4) is 0 Å². The quantitative estimate of drug-likeness (QED) is 0.669. The number of carbonyl (C=O) groups is 1. The lowest BCUT2D eigenvalue weighted by Gasteiger charge is -2.22. The molecule has 0 radical (unpaired) electrons. The fourth-order valence-corrected chi connectivity index (χ4v) is 3.50. The summed E-state index contributed by atoms with van der Waals surface area (Å²) in [6, 6.07) is 7.34. The number of hydrogen-bond donors (Lipinski definition) is 1. The van der Waals surface area contributed by atoms with Crippen LogP contribution in [0, 0.1) is 0 Å². The summed E-state index contributed by atoms with van der Waals surface area (Å²) < 4.78 is 39.9. The highest BCUT2D eigenvalue weighted by Gasteiger charge is 2.41. The molecule has 0 saturated carbocycles. The van der Waals surface area contributed by atoms with Gasteiger partial charge < -0.3 is 9.67 Å². The van der Waals surface area contributed by atoms with E-state index in [1.54, 1.807) is 18.3 Å². The van der Waals surface area contributed by atoms with Gasteiger partial charge in [-0.3, -0.25) is 4.79 Å². The Balaban J connectivity index is 2.06. The topological polar surface area (TPSA) is 55.1 Å². The second kappa shape index (κ2) is 6.21. The predicted octanol–water partition coefficient (Wildman–Crippen LogP) is 4.68. The van der Waals surface area contributed by atoms with E-state index in [1.807, 2.05) is 37.5 Å². The molecule has 0 amide bonds. The summed E-state index contributed by atoms with van der Waals surface area (Å²) >= 11 is 0.792. The number of rotatable bonds is 3. The van der Waals surface area contributed by atoms with Crippen molar-refractivity contribution in [2.24, 2.45) is 0 Å². The summed E-state index contributed by atoms with van der Waals surface area (Å²) in [7, 11) is 0. The molecule has 3 rings (SSSR count). The number of alkyl halides is 3. The van der Waals surface area contributed by atoms with Crippen LogP contribution in [0.4, 0.5) is 13.2 Å². The zero-order valence-corrected chi connectivity index (χ0v) is 15.1. The number of aromatic nitrogens is 2. The van der Waals surface area contributed by atoms with Gasteiger partial charge in [-0.15, -0.1) is 11.3 Å². The fraction of sp³-hybridized carbons (Fsp3) is 0.333. The van der Waals surface area contributed by atoms with Crippen LogP contribution in [0.1, 0.15) is 47.9 Å². The molecule has 2 aromatic heterocycles. The van der Waals surface area contributed by atoms with Gasteiger partial charge in [-0.25, -0.2) is 4.98 Å². The Kier molecular flexibility index (Phi) is 4.44. The maximum absolute atomic E-state index is 12.9. The van der Waals surface area contributed by atoms with Gasteiger partial charge in [0.15, 0.2) is 11.1 Å². The number of fused-ring (bicyclic) bond motifs is 1. The molecule has 0 bridgehead atoms. The molecule has 0 saturated heterocycles. The van der Waals surface area contributed by atoms with E-state index < -0.39 is 23.8 Å². The zero-order valence-electron chi connectivity index (χ0n) is 14.3. The van der Waals surface area contributed by atoms with Gasteiger partial charge >= 0.3 is 6.18 Å². The number of nitrogens with zero attached hydrogens (tertiary/aromatic N) is 2. The fourth-order valence-electron chi connectivity index (χ4n) is 2.71. The molecule has 0 aliphatic heterocycles. The number of halogens is 3. The average Bonchev–Trinajstić information content (AvgIpc) is 3.17. The van der Waals surface area contributed by atoms with E-state index >= 15 is 0 Å². The molecular weight excluding hydrogens is 365 g/mol. The van der Waals surface area contributed by atoms with Crippen LogP contribution >= 0.6 is 11.3 Å². The molecule has 1 atom stereocenters. The van der Waals surface area contributed by atoms with Crippen LogP contribution in [0.2, 0.25) is 0 Å². The van der Waals surface area contributed by atoms with Crippen molar-refractivity contribution >= 4 is 28.0 Å². The predicted molar refractivity (Wildman–Crippen MR) is 93.5 cm³/mol. The number of aliphatic hydroxyl groups excluding tert-OH is 1. The Morgan fingerprint density at radius 3 is 2.50 bits per heavy atom. The van der Waals surface area contributed by atoms with Gasteiger partial charge in [-0.2, -0.15) is 13.2 Å². The van der Waals surface area contributed by atoms with E-state index in [0.717, 1.165) is 22.2 Å². The molecule has 0 fully saturated rings. The number of thiazole rings is 1. The first kappa shape index (κ1) is 18.6. The largest absolute Gasteiger partial charge is 0.420 e. The third-order valence-electron chi connectivity index (χ3n) is 3.99. The monoisotopic (exact) mass is 382 g/mol. The van der Waals surface area contributed by atoms with Crippen LogP contribution in [0.15, 0.2) is 35.8 Å². The van der Waals surface area contributed by atoms with Crippen molar-refractivity contribution in [3.63, 3.8) is 0 Å². The second-order valence-electron chi connectivity index (χ2n) is 6.95. The van der Waals surface area contributed by atoms with Crippen LogP contribution in [0.5, 0.6) is 0 Å². The number of carbonyl (C=O) groups excluding carboxylic acids is 1. The van der Waals surface area contributed by atoms with Gasteiger partial charge in [0, 0.05) is 28.0 Å². The summed E-state index contributed by atoms with van der Waals surface area (Å²) in [5, 5.41) is 11.0. The summed E-state index contributed by atoms with van der Waals surface area (Å²) in [4.78, 5) is 16.6. The smallest absolute Gasteiger partial charge is 0.378 e. The van der Waals surface area contributed by atoms with Crippen LogP contribution in [0.25, 0.3) is 10.9 Å². The molecule has 1 N–H and O–H groups in total. The minimum atomic E-state index is -4.82. The zero-order chi connectivity index (χ0) is 19.3. The molecular formula is C18H17F3N2O2S. The molecule has 8 heteroatoms.